The summed E-state index contributed by atoms with van der Waals surface area (Å²) in [6.45, 7) is -0.913. The maximum Gasteiger partial charge on any atom is 0.387 e. The van der Waals surface area contributed by atoms with Gasteiger partial charge in [-0.25, -0.2) is 4.98 Å². The van der Waals surface area contributed by atoms with Crippen LogP contribution in [0.2, 0.25) is 0 Å². The van der Waals surface area contributed by atoms with Gasteiger partial charge in [0.25, 0.3) is 5.56 Å². The van der Waals surface area contributed by atoms with Crippen LogP contribution in [0.1, 0.15) is 10.4 Å². The highest BCUT2D eigenvalue weighted by atomic mass is 32.1. The van der Waals surface area contributed by atoms with Crippen LogP contribution in [0, 0.1) is 6.92 Å². The quantitative estimate of drug-likeness (QED) is 0.438. The number of benzene rings is 2. The van der Waals surface area contributed by atoms with E-state index in [0.717, 1.165) is 16.0 Å². The predicted octanol–water partition coefficient (Wildman–Crippen LogP) is 4.92. The normalized spacial score (nSPS) is 11.6. The molecule has 0 atom stereocenters. The molecular formula is C21H15F2N3O2S. The van der Waals surface area contributed by atoms with E-state index in [4.69, 9.17) is 0 Å². The number of hydrogen-bond donors (Lipinski definition) is 0. The second-order valence-electron chi connectivity index (χ2n) is 6.17. The molecule has 2 aromatic heterocycles. The second kappa shape index (κ2) is 7.92. The molecule has 0 aliphatic rings. The van der Waals surface area contributed by atoms with E-state index in [0.29, 0.717) is 15.8 Å². The van der Waals surface area contributed by atoms with E-state index in [2.05, 4.69) is 14.8 Å². The number of ether oxygens (including phenoxy) is 1. The van der Waals surface area contributed by atoms with Gasteiger partial charge in [0.15, 0.2) is 0 Å². The number of alkyl halides is 2. The molecule has 0 fully saturated rings. The summed E-state index contributed by atoms with van der Waals surface area (Å²) in [4.78, 5) is 19.1. The van der Waals surface area contributed by atoms with Crippen molar-refractivity contribution in [1.82, 2.24) is 9.66 Å². The van der Waals surface area contributed by atoms with Gasteiger partial charge in [-0.15, -0.1) is 11.3 Å². The molecule has 8 heteroatoms. The Morgan fingerprint density at radius 2 is 1.86 bits per heavy atom. The molecule has 0 amide bonds. The molecule has 0 aliphatic carbocycles. The molecule has 29 heavy (non-hydrogen) atoms. The van der Waals surface area contributed by atoms with Crippen LogP contribution in [0.25, 0.3) is 21.3 Å². The average molecular weight is 411 g/mol. The minimum atomic E-state index is -2.88. The molecule has 0 spiro atoms. The van der Waals surface area contributed by atoms with Crippen molar-refractivity contribution in [2.75, 3.05) is 0 Å². The molecule has 4 rings (SSSR count). The van der Waals surface area contributed by atoms with Gasteiger partial charge in [-0.1, -0.05) is 30.3 Å². The summed E-state index contributed by atoms with van der Waals surface area (Å²) in [6.07, 6.45) is 2.84. The summed E-state index contributed by atoms with van der Waals surface area (Å²) in [5.41, 5.74) is 2.17. The zero-order valence-corrected chi connectivity index (χ0v) is 16.1. The molecule has 146 valence electrons. The number of aromatic nitrogens is 2. The van der Waals surface area contributed by atoms with Crippen LogP contribution in [-0.4, -0.2) is 22.5 Å². The summed E-state index contributed by atoms with van der Waals surface area (Å²) >= 11 is 1.47. The number of hydrogen-bond acceptors (Lipinski definition) is 5. The van der Waals surface area contributed by atoms with Crippen molar-refractivity contribution < 1.29 is 13.5 Å². The first-order valence-electron chi connectivity index (χ1n) is 8.68. The monoisotopic (exact) mass is 411 g/mol. The Labute approximate surface area is 168 Å². The third-order valence-corrected chi connectivity index (χ3v) is 5.28. The van der Waals surface area contributed by atoms with Gasteiger partial charge in [0, 0.05) is 10.4 Å². The molecular weight excluding hydrogens is 396 g/mol. The lowest BCUT2D eigenvalue weighted by Crippen LogP contribution is -2.16. The SMILES string of the molecule is Cc1sc2ncn(/N=C\c3ccc(OC(F)F)cc3)c(=O)c2c1-c1ccccc1. The minimum absolute atomic E-state index is 0.0543. The maximum atomic E-state index is 13.0. The van der Waals surface area contributed by atoms with Gasteiger partial charge >= 0.3 is 6.61 Å². The van der Waals surface area contributed by atoms with E-state index in [1.165, 1.54) is 40.7 Å². The predicted molar refractivity (Wildman–Crippen MR) is 110 cm³/mol. The zero-order chi connectivity index (χ0) is 20.4. The highest BCUT2D eigenvalue weighted by Gasteiger charge is 2.16. The summed E-state index contributed by atoms with van der Waals surface area (Å²) in [6, 6.07) is 15.6. The van der Waals surface area contributed by atoms with Crippen molar-refractivity contribution >= 4 is 27.8 Å². The van der Waals surface area contributed by atoms with Gasteiger partial charge in [-0.05, 0) is 42.3 Å². The first kappa shape index (κ1) is 18.9. The number of halogens is 2. The van der Waals surface area contributed by atoms with Crippen LogP contribution in [0.4, 0.5) is 8.78 Å². The van der Waals surface area contributed by atoms with Gasteiger partial charge < -0.3 is 4.74 Å². The van der Waals surface area contributed by atoms with Gasteiger partial charge in [-0.2, -0.15) is 18.6 Å². The molecule has 0 unspecified atom stereocenters. The summed E-state index contributed by atoms with van der Waals surface area (Å²) < 4.78 is 29.9. The number of nitrogens with zero attached hydrogens (tertiary/aromatic N) is 3. The standard InChI is InChI=1S/C21H15F2N3O2S/c1-13-17(15-5-3-2-4-6-15)18-19(29-13)24-12-26(20(18)27)25-11-14-7-9-16(10-8-14)28-21(22)23/h2-12,21H,1H3/b25-11-. The van der Waals surface area contributed by atoms with Crippen molar-refractivity contribution in [3.63, 3.8) is 0 Å². The molecule has 0 N–H and O–H groups in total. The van der Waals surface area contributed by atoms with E-state index < -0.39 is 6.61 Å². The molecule has 0 aliphatic heterocycles. The van der Waals surface area contributed by atoms with Gasteiger partial charge in [0.05, 0.1) is 11.6 Å². The fourth-order valence-electron chi connectivity index (χ4n) is 2.99. The van der Waals surface area contributed by atoms with Gasteiger partial charge in [0.2, 0.25) is 0 Å². The molecule has 0 radical (unpaired) electrons. The average Bonchev–Trinajstić information content (AvgIpc) is 3.05. The van der Waals surface area contributed by atoms with Crippen LogP contribution in [0.15, 0.2) is 70.8 Å². The number of fused-ring (bicyclic) bond motifs is 1. The van der Waals surface area contributed by atoms with Crippen LogP contribution in [-0.2, 0) is 0 Å². The van der Waals surface area contributed by atoms with E-state index in [1.807, 2.05) is 37.3 Å². The molecule has 0 bridgehead atoms. The fraction of sp³-hybridized carbons (Fsp3) is 0.0952. The molecule has 0 saturated heterocycles. The minimum Gasteiger partial charge on any atom is -0.435 e. The van der Waals surface area contributed by atoms with Crippen molar-refractivity contribution in [2.24, 2.45) is 5.10 Å². The molecule has 5 nitrogen and oxygen atoms in total. The third-order valence-electron chi connectivity index (χ3n) is 4.27. The Bertz CT molecular complexity index is 1230. The lowest BCUT2D eigenvalue weighted by molar-refractivity contribution is -0.0498. The molecule has 0 saturated carbocycles. The van der Waals surface area contributed by atoms with Crippen LogP contribution < -0.4 is 10.3 Å². The molecule has 2 aromatic carbocycles. The van der Waals surface area contributed by atoms with Gasteiger partial charge in [0.1, 0.15) is 16.9 Å². The topological polar surface area (TPSA) is 56.5 Å². The third kappa shape index (κ3) is 3.93. The van der Waals surface area contributed by atoms with Gasteiger partial charge in [-0.3, -0.25) is 4.79 Å². The van der Waals surface area contributed by atoms with E-state index in [9.17, 15) is 13.6 Å². The highest BCUT2D eigenvalue weighted by Crippen LogP contribution is 2.35. The van der Waals surface area contributed by atoms with E-state index in [-0.39, 0.29) is 11.3 Å². The Morgan fingerprint density at radius 3 is 2.55 bits per heavy atom. The molecule has 2 heterocycles. The fourth-order valence-corrected chi connectivity index (χ4v) is 4.00. The van der Waals surface area contributed by atoms with E-state index >= 15 is 0 Å². The lowest BCUT2D eigenvalue weighted by Gasteiger charge is -2.04. The Hall–Kier alpha value is -3.39. The van der Waals surface area contributed by atoms with Crippen molar-refractivity contribution in [3.8, 4) is 16.9 Å². The van der Waals surface area contributed by atoms with Crippen molar-refractivity contribution in [2.45, 2.75) is 13.5 Å². The first-order valence-corrected chi connectivity index (χ1v) is 9.50. The Kier molecular flexibility index (Phi) is 5.18. The first-order chi connectivity index (χ1) is 14.0. The van der Waals surface area contributed by atoms with Crippen LogP contribution >= 0.6 is 11.3 Å². The summed E-state index contributed by atoms with van der Waals surface area (Å²) in [7, 11) is 0. The Balaban J connectivity index is 1.71. The largest absolute Gasteiger partial charge is 0.435 e. The van der Waals surface area contributed by atoms with Crippen molar-refractivity contribution in [3.05, 3.63) is 81.7 Å². The smallest absolute Gasteiger partial charge is 0.387 e. The van der Waals surface area contributed by atoms with Crippen LogP contribution in [0.3, 0.4) is 0 Å². The molecule has 4 aromatic rings. The zero-order valence-electron chi connectivity index (χ0n) is 15.3. The lowest BCUT2D eigenvalue weighted by atomic mass is 10.0. The number of rotatable bonds is 5. The second-order valence-corrected chi connectivity index (χ2v) is 7.37. The number of aryl methyl sites for hydroxylation is 1. The van der Waals surface area contributed by atoms with Crippen LogP contribution in [0.5, 0.6) is 5.75 Å². The number of thiophene rings is 1. The maximum absolute atomic E-state index is 13.0. The summed E-state index contributed by atoms with van der Waals surface area (Å²) in [5, 5.41) is 4.72. The highest BCUT2D eigenvalue weighted by molar-refractivity contribution is 7.19. The van der Waals surface area contributed by atoms with E-state index in [1.54, 1.807) is 12.1 Å². The summed E-state index contributed by atoms with van der Waals surface area (Å²) in [5.74, 6) is 0.0543. The van der Waals surface area contributed by atoms with Crippen molar-refractivity contribution in [1.29, 1.82) is 0 Å². The Morgan fingerprint density at radius 1 is 1.14 bits per heavy atom.